The van der Waals surface area contributed by atoms with Crippen molar-refractivity contribution in [2.24, 2.45) is 7.05 Å². The molecule has 0 spiro atoms. The fourth-order valence-corrected chi connectivity index (χ4v) is 2.21. The Morgan fingerprint density at radius 2 is 2.43 bits per heavy atom. The molecule has 1 aromatic heterocycles. The Labute approximate surface area is 85.5 Å². The van der Waals surface area contributed by atoms with Crippen LogP contribution in [0.1, 0.15) is 30.7 Å². The van der Waals surface area contributed by atoms with E-state index in [0.29, 0.717) is 6.04 Å². The summed E-state index contributed by atoms with van der Waals surface area (Å²) in [6.07, 6.45) is 5.14. The molecule has 0 aromatic carbocycles. The third-order valence-electron chi connectivity index (χ3n) is 2.97. The molecule has 2 heterocycles. The van der Waals surface area contributed by atoms with Gasteiger partial charge in [0, 0.05) is 25.2 Å². The molecule has 0 aliphatic carbocycles. The highest BCUT2D eigenvalue weighted by Crippen LogP contribution is 2.12. The van der Waals surface area contributed by atoms with E-state index in [0.717, 1.165) is 12.1 Å². The minimum atomic E-state index is 0.665. The zero-order valence-electron chi connectivity index (χ0n) is 9.08. The van der Waals surface area contributed by atoms with Gasteiger partial charge < -0.3 is 5.32 Å². The van der Waals surface area contributed by atoms with Gasteiger partial charge in [-0.25, -0.2) is 0 Å². The van der Waals surface area contributed by atoms with E-state index >= 15 is 0 Å². The minimum Gasteiger partial charge on any atom is -0.314 e. The fraction of sp³-hybridized carbons (Fsp3) is 0.727. The molecule has 1 aliphatic heterocycles. The number of hydrogen-bond donors (Lipinski definition) is 1. The molecule has 1 aromatic rings. The normalized spacial score (nSPS) is 22.6. The molecule has 0 bridgehead atoms. The summed E-state index contributed by atoms with van der Waals surface area (Å²) in [6, 6.07) is 2.86. The lowest BCUT2D eigenvalue weighted by molar-refractivity contribution is 0.393. The largest absolute Gasteiger partial charge is 0.314 e. The smallest absolute Gasteiger partial charge is 0.0596 e. The molecule has 0 saturated carbocycles. The lowest BCUT2D eigenvalue weighted by Gasteiger charge is -2.23. The van der Waals surface area contributed by atoms with Crippen molar-refractivity contribution in [2.75, 3.05) is 6.54 Å². The molecule has 1 aliphatic rings. The van der Waals surface area contributed by atoms with Crippen LogP contribution in [0.5, 0.6) is 0 Å². The van der Waals surface area contributed by atoms with Gasteiger partial charge in [-0.1, -0.05) is 6.42 Å². The monoisotopic (exact) mass is 193 g/mol. The molecular formula is C11H19N3. The summed E-state index contributed by atoms with van der Waals surface area (Å²) in [6.45, 7) is 3.24. The van der Waals surface area contributed by atoms with Crippen LogP contribution in [-0.2, 0) is 13.5 Å². The molecule has 3 nitrogen and oxygen atoms in total. The van der Waals surface area contributed by atoms with Crippen LogP contribution >= 0.6 is 0 Å². The van der Waals surface area contributed by atoms with Crippen LogP contribution in [0.15, 0.2) is 6.07 Å². The van der Waals surface area contributed by atoms with E-state index < -0.39 is 0 Å². The summed E-state index contributed by atoms with van der Waals surface area (Å²) in [4.78, 5) is 0. The fourth-order valence-electron chi connectivity index (χ4n) is 2.21. The van der Waals surface area contributed by atoms with E-state index in [-0.39, 0.29) is 0 Å². The molecule has 1 unspecified atom stereocenters. The van der Waals surface area contributed by atoms with E-state index in [1.165, 1.54) is 31.5 Å². The first-order chi connectivity index (χ1) is 6.75. The van der Waals surface area contributed by atoms with Crippen LogP contribution in [0, 0.1) is 6.92 Å². The zero-order chi connectivity index (χ0) is 9.97. The first-order valence-electron chi connectivity index (χ1n) is 5.48. The Kier molecular flexibility index (Phi) is 2.87. The maximum atomic E-state index is 4.37. The molecule has 0 radical (unpaired) electrons. The van der Waals surface area contributed by atoms with Crippen LogP contribution in [-0.4, -0.2) is 22.4 Å². The maximum absolute atomic E-state index is 4.37. The van der Waals surface area contributed by atoms with E-state index in [4.69, 9.17) is 0 Å². The second-order valence-corrected chi connectivity index (χ2v) is 4.25. The molecule has 1 fully saturated rings. The first kappa shape index (κ1) is 9.71. The van der Waals surface area contributed by atoms with Crippen molar-refractivity contribution < 1.29 is 0 Å². The highest BCUT2D eigenvalue weighted by atomic mass is 15.3. The van der Waals surface area contributed by atoms with Gasteiger partial charge in [-0.15, -0.1) is 0 Å². The number of aryl methyl sites for hydroxylation is 2. The molecular weight excluding hydrogens is 174 g/mol. The Balaban J connectivity index is 1.98. The van der Waals surface area contributed by atoms with E-state index in [9.17, 15) is 0 Å². The van der Waals surface area contributed by atoms with E-state index in [1.54, 1.807) is 0 Å². The summed E-state index contributed by atoms with van der Waals surface area (Å²) in [5.41, 5.74) is 2.47. The second-order valence-electron chi connectivity index (χ2n) is 4.25. The second kappa shape index (κ2) is 4.13. The van der Waals surface area contributed by atoms with Crippen molar-refractivity contribution >= 4 is 0 Å². The average molecular weight is 193 g/mol. The Morgan fingerprint density at radius 3 is 3.00 bits per heavy atom. The summed E-state index contributed by atoms with van der Waals surface area (Å²) in [5.74, 6) is 0. The lowest BCUT2D eigenvalue weighted by atomic mass is 10.0. The van der Waals surface area contributed by atoms with Crippen molar-refractivity contribution in [3.05, 3.63) is 17.5 Å². The topological polar surface area (TPSA) is 29.9 Å². The summed E-state index contributed by atoms with van der Waals surface area (Å²) < 4.78 is 2.01. The van der Waals surface area contributed by atoms with Gasteiger partial charge in [0.15, 0.2) is 0 Å². The van der Waals surface area contributed by atoms with Crippen molar-refractivity contribution in [1.82, 2.24) is 15.1 Å². The quantitative estimate of drug-likeness (QED) is 0.769. The zero-order valence-corrected chi connectivity index (χ0v) is 9.08. The molecule has 1 atom stereocenters. The van der Waals surface area contributed by atoms with Crippen molar-refractivity contribution in [3.63, 3.8) is 0 Å². The summed E-state index contributed by atoms with van der Waals surface area (Å²) in [5, 5.41) is 7.93. The number of hydrogen-bond acceptors (Lipinski definition) is 2. The molecule has 78 valence electrons. The van der Waals surface area contributed by atoms with Crippen LogP contribution in [0.3, 0.4) is 0 Å². The number of rotatable bonds is 2. The number of piperidine rings is 1. The predicted molar refractivity (Wildman–Crippen MR) is 57.3 cm³/mol. The van der Waals surface area contributed by atoms with Crippen LogP contribution in [0.25, 0.3) is 0 Å². The first-order valence-corrected chi connectivity index (χ1v) is 5.48. The van der Waals surface area contributed by atoms with Gasteiger partial charge in [-0.2, -0.15) is 5.10 Å². The number of aromatic nitrogens is 2. The highest BCUT2D eigenvalue weighted by molar-refractivity contribution is 5.10. The lowest BCUT2D eigenvalue weighted by Crippen LogP contribution is -2.36. The minimum absolute atomic E-state index is 0.665. The molecule has 14 heavy (non-hydrogen) atoms. The SMILES string of the molecule is Cc1cc(CC2CCCCN2)n(C)n1. The Bertz CT molecular complexity index is 297. The third-order valence-corrected chi connectivity index (χ3v) is 2.97. The molecule has 1 N–H and O–H groups in total. The average Bonchev–Trinajstić information content (AvgIpc) is 2.47. The van der Waals surface area contributed by atoms with Gasteiger partial charge in [0.25, 0.3) is 0 Å². The number of nitrogens with one attached hydrogen (secondary N) is 1. The van der Waals surface area contributed by atoms with E-state index in [1.807, 2.05) is 11.7 Å². The third kappa shape index (κ3) is 2.15. The molecule has 0 amide bonds. The van der Waals surface area contributed by atoms with Gasteiger partial charge in [-0.3, -0.25) is 4.68 Å². The van der Waals surface area contributed by atoms with Gasteiger partial charge in [-0.05, 0) is 32.4 Å². The maximum Gasteiger partial charge on any atom is 0.0596 e. The summed E-state index contributed by atoms with van der Waals surface area (Å²) in [7, 11) is 2.03. The molecule has 3 heteroatoms. The van der Waals surface area contributed by atoms with E-state index in [2.05, 4.69) is 23.4 Å². The van der Waals surface area contributed by atoms with Gasteiger partial charge in [0.2, 0.25) is 0 Å². The van der Waals surface area contributed by atoms with Gasteiger partial charge >= 0.3 is 0 Å². The molecule has 2 rings (SSSR count). The van der Waals surface area contributed by atoms with Crippen molar-refractivity contribution in [1.29, 1.82) is 0 Å². The highest BCUT2D eigenvalue weighted by Gasteiger charge is 2.14. The van der Waals surface area contributed by atoms with Crippen LogP contribution < -0.4 is 5.32 Å². The summed E-state index contributed by atoms with van der Waals surface area (Å²) >= 11 is 0. The standard InChI is InChI=1S/C11H19N3/c1-9-7-11(14(2)13-9)8-10-5-3-4-6-12-10/h7,10,12H,3-6,8H2,1-2H3. The molecule has 1 saturated heterocycles. The van der Waals surface area contributed by atoms with Crippen molar-refractivity contribution in [2.45, 2.75) is 38.6 Å². The van der Waals surface area contributed by atoms with Gasteiger partial charge in [0.1, 0.15) is 0 Å². The van der Waals surface area contributed by atoms with Crippen LogP contribution in [0.4, 0.5) is 0 Å². The number of nitrogens with zero attached hydrogens (tertiary/aromatic N) is 2. The Morgan fingerprint density at radius 1 is 1.57 bits per heavy atom. The van der Waals surface area contributed by atoms with Crippen molar-refractivity contribution in [3.8, 4) is 0 Å². The van der Waals surface area contributed by atoms with Gasteiger partial charge in [0.05, 0.1) is 5.69 Å². The van der Waals surface area contributed by atoms with Crippen LogP contribution in [0.2, 0.25) is 0 Å². The Hall–Kier alpha value is -0.830. The predicted octanol–water partition coefficient (Wildman–Crippen LogP) is 1.41.